The number of benzene rings is 1. The van der Waals surface area contributed by atoms with E-state index in [-0.39, 0.29) is 29.8 Å². The molecule has 0 bridgehead atoms. The second-order valence-corrected chi connectivity index (χ2v) is 7.01. The molecule has 1 aliphatic heterocycles. The highest BCUT2D eigenvalue weighted by molar-refractivity contribution is 14.0. The lowest BCUT2D eigenvalue weighted by molar-refractivity contribution is 0.372. The maximum Gasteiger partial charge on any atom is 0.205 e. The second-order valence-electron chi connectivity index (χ2n) is 6.28. The molecule has 0 spiro atoms. The van der Waals surface area contributed by atoms with Crippen molar-refractivity contribution in [2.24, 2.45) is 4.99 Å². The van der Waals surface area contributed by atoms with Gasteiger partial charge in [-0.25, -0.2) is 13.8 Å². The van der Waals surface area contributed by atoms with Gasteiger partial charge in [0.1, 0.15) is 17.5 Å². The predicted octanol–water partition coefficient (Wildman–Crippen LogP) is 2.94. The van der Waals surface area contributed by atoms with Crippen LogP contribution in [0.3, 0.4) is 0 Å². The molecule has 28 heavy (non-hydrogen) atoms. The summed E-state index contributed by atoms with van der Waals surface area (Å²) in [6, 6.07) is 3.54. The quantitative estimate of drug-likeness (QED) is 0.372. The highest BCUT2D eigenvalue weighted by Gasteiger charge is 2.22. The van der Waals surface area contributed by atoms with E-state index in [1.807, 2.05) is 0 Å². The minimum absolute atomic E-state index is 0. The maximum atomic E-state index is 13.7. The van der Waals surface area contributed by atoms with E-state index < -0.39 is 5.82 Å². The average molecular weight is 522 g/mol. The highest BCUT2D eigenvalue weighted by atomic mass is 127. The number of anilines is 1. The third kappa shape index (κ3) is 5.72. The minimum atomic E-state index is -0.421. The van der Waals surface area contributed by atoms with E-state index in [1.165, 1.54) is 17.6 Å². The van der Waals surface area contributed by atoms with Crippen LogP contribution < -0.4 is 10.2 Å². The Morgan fingerprint density at radius 3 is 2.64 bits per heavy atom. The van der Waals surface area contributed by atoms with Crippen LogP contribution >= 0.6 is 35.5 Å². The summed E-state index contributed by atoms with van der Waals surface area (Å²) in [5, 5.41) is 4.21. The van der Waals surface area contributed by atoms with E-state index in [1.54, 1.807) is 7.05 Å². The van der Waals surface area contributed by atoms with Crippen molar-refractivity contribution in [2.75, 3.05) is 44.7 Å². The van der Waals surface area contributed by atoms with Crippen molar-refractivity contribution in [3.05, 3.63) is 41.2 Å². The van der Waals surface area contributed by atoms with Crippen molar-refractivity contribution in [1.29, 1.82) is 0 Å². The Morgan fingerprint density at radius 1 is 1.25 bits per heavy atom. The molecule has 0 amide bonds. The summed E-state index contributed by atoms with van der Waals surface area (Å²) in [6.45, 7) is 5.86. The van der Waals surface area contributed by atoms with Crippen LogP contribution in [0.2, 0.25) is 0 Å². The lowest BCUT2D eigenvalue weighted by Crippen LogP contribution is -2.52. The first-order chi connectivity index (χ1) is 13.1. The number of halogens is 3. The maximum absolute atomic E-state index is 13.7. The molecule has 0 saturated carbocycles. The molecule has 1 aliphatic rings. The van der Waals surface area contributed by atoms with E-state index in [0.717, 1.165) is 61.6 Å². The van der Waals surface area contributed by atoms with Gasteiger partial charge in [-0.3, -0.25) is 4.99 Å². The summed E-state index contributed by atoms with van der Waals surface area (Å²) >= 11 is 1.44. The van der Waals surface area contributed by atoms with Gasteiger partial charge in [0.2, 0.25) is 5.13 Å². The zero-order valence-electron chi connectivity index (χ0n) is 16.0. The van der Waals surface area contributed by atoms with Gasteiger partial charge in [0.15, 0.2) is 5.96 Å². The fourth-order valence-electron chi connectivity index (χ4n) is 3.00. The van der Waals surface area contributed by atoms with Gasteiger partial charge < -0.3 is 15.1 Å². The molecule has 1 fully saturated rings. The first-order valence-electron chi connectivity index (χ1n) is 9.07. The lowest BCUT2D eigenvalue weighted by Gasteiger charge is -2.36. The second kappa shape index (κ2) is 10.8. The van der Waals surface area contributed by atoms with Gasteiger partial charge in [-0.2, -0.15) is 4.37 Å². The Hall–Kier alpha value is -1.56. The Kier molecular flexibility index (Phi) is 8.80. The Bertz CT molecular complexity index is 792. The normalized spacial score (nSPS) is 14.8. The van der Waals surface area contributed by atoms with Crippen LogP contribution in [0.25, 0.3) is 0 Å². The van der Waals surface area contributed by atoms with Crippen LogP contribution in [0.5, 0.6) is 0 Å². The van der Waals surface area contributed by atoms with Crippen molar-refractivity contribution in [3.8, 4) is 0 Å². The summed E-state index contributed by atoms with van der Waals surface area (Å²) in [5.74, 6) is 0.859. The largest absolute Gasteiger partial charge is 0.356 e. The number of hydrogen-bond acceptors (Lipinski definition) is 5. The zero-order valence-corrected chi connectivity index (χ0v) is 19.1. The number of aliphatic imine (C=N–C) groups is 1. The molecule has 2 aromatic rings. The molecule has 1 aromatic carbocycles. The van der Waals surface area contributed by atoms with E-state index in [4.69, 9.17) is 0 Å². The fraction of sp³-hybridized carbons (Fsp3) is 0.500. The number of piperazine rings is 1. The topological polar surface area (TPSA) is 56.7 Å². The molecule has 1 saturated heterocycles. The molecule has 154 valence electrons. The molecular weight excluding hydrogens is 497 g/mol. The molecule has 0 radical (unpaired) electrons. The Balaban J connectivity index is 0.00000280. The molecule has 6 nitrogen and oxygen atoms in total. The standard InChI is InChI=1S/C18H24F2N6S.HI/c1-3-16-23-18(27-24-16)26-10-8-25(9-11-26)17(21-2)22-7-6-13-12-14(19)4-5-15(13)20;/h4-5,12H,3,6-11H2,1-2H3,(H,21,22);1H. The minimum Gasteiger partial charge on any atom is -0.356 e. The van der Waals surface area contributed by atoms with Gasteiger partial charge in [-0.1, -0.05) is 6.92 Å². The molecule has 1 N–H and O–H groups in total. The van der Waals surface area contributed by atoms with Crippen LogP contribution in [0.15, 0.2) is 23.2 Å². The van der Waals surface area contributed by atoms with Crippen LogP contribution in [0, 0.1) is 11.6 Å². The SMILES string of the molecule is CCc1nsc(N2CCN(C(=NC)NCCc3cc(F)ccc3F)CC2)n1.I. The molecular formula is C18H25F2IN6S. The highest BCUT2D eigenvalue weighted by Crippen LogP contribution is 2.19. The number of aromatic nitrogens is 2. The van der Waals surface area contributed by atoms with Crippen LogP contribution in [0.1, 0.15) is 18.3 Å². The number of nitrogens with one attached hydrogen (secondary N) is 1. The van der Waals surface area contributed by atoms with Crippen molar-refractivity contribution in [2.45, 2.75) is 19.8 Å². The summed E-state index contributed by atoms with van der Waals surface area (Å²) in [4.78, 5) is 13.3. The van der Waals surface area contributed by atoms with E-state index >= 15 is 0 Å². The van der Waals surface area contributed by atoms with Gasteiger partial charge in [0, 0.05) is 57.7 Å². The smallest absolute Gasteiger partial charge is 0.205 e. The molecule has 10 heteroatoms. The summed E-state index contributed by atoms with van der Waals surface area (Å²) in [5.41, 5.74) is 0.366. The van der Waals surface area contributed by atoms with E-state index in [2.05, 4.69) is 36.4 Å². The van der Waals surface area contributed by atoms with Gasteiger partial charge in [0.25, 0.3) is 0 Å². The van der Waals surface area contributed by atoms with Crippen LogP contribution in [0.4, 0.5) is 13.9 Å². The first-order valence-corrected chi connectivity index (χ1v) is 9.85. The van der Waals surface area contributed by atoms with E-state index in [9.17, 15) is 8.78 Å². The molecule has 0 unspecified atom stereocenters. The molecule has 1 aromatic heterocycles. The van der Waals surface area contributed by atoms with Crippen molar-refractivity contribution < 1.29 is 8.78 Å². The average Bonchev–Trinajstić information content (AvgIpc) is 3.17. The number of hydrogen-bond donors (Lipinski definition) is 1. The van der Waals surface area contributed by atoms with Gasteiger partial charge in [-0.15, -0.1) is 24.0 Å². The van der Waals surface area contributed by atoms with E-state index in [0.29, 0.717) is 18.5 Å². The molecule has 3 rings (SSSR count). The summed E-state index contributed by atoms with van der Waals surface area (Å²) in [7, 11) is 1.73. The van der Waals surface area contributed by atoms with Crippen molar-refractivity contribution in [1.82, 2.24) is 19.6 Å². The third-order valence-electron chi connectivity index (χ3n) is 4.52. The number of guanidine groups is 1. The third-order valence-corrected chi connectivity index (χ3v) is 5.34. The number of rotatable bonds is 5. The zero-order chi connectivity index (χ0) is 19.2. The number of nitrogens with zero attached hydrogens (tertiary/aromatic N) is 5. The summed E-state index contributed by atoms with van der Waals surface area (Å²) < 4.78 is 31.3. The Morgan fingerprint density at radius 2 is 2.00 bits per heavy atom. The van der Waals surface area contributed by atoms with Gasteiger partial charge >= 0.3 is 0 Å². The van der Waals surface area contributed by atoms with Crippen molar-refractivity contribution in [3.63, 3.8) is 0 Å². The van der Waals surface area contributed by atoms with Crippen LogP contribution in [-0.4, -0.2) is 60.0 Å². The molecule has 0 atom stereocenters. The monoisotopic (exact) mass is 522 g/mol. The fourth-order valence-corrected chi connectivity index (χ4v) is 3.80. The Labute approximate surface area is 185 Å². The summed E-state index contributed by atoms with van der Waals surface area (Å²) in [6.07, 6.45) is 1.24. The lowest BCUT2D eigenvalue weighted by atomic mass is 10.1. The molecule has 0 aliphatic carbocycles. The molecule has 2 heterocycles. The van der Waals surface area contributed by atoms with Gasteiger partial charge in [-0.05, 0) is 30.2 Å². The predicted molar refractivity (Wildman–Crippen MR) is 120 cm³/mol. The van der Waals surface area contributed by atoms with Gasteiger partial charge in [0.05, 0.1) is 0 Å². The van der Waals surface area contributed by atoms with Crippen LogP contribution in [-0.2, 0) is 12.8 Å². The first kappa shape index (κ1) is 22.7. The van der Waals surface area contributed by atoms with Crippen molar-refractivity contribution >= 4 is 46.6 Å². The number of aryl methyl sites for hydroxylation is 1.